The Hall–Kier alpha value is -4.01. The molecule has 37 heavy (non-hydrogen) atoms. The molecule has 0 atom stereocenters. The zero-order valence-corrected chi connectivity index (χ0v) is 20.9. The number of fused-ring (bicyclic) bond motifs is 1. The normalized spacial score (nSPS) is 11.3. The maximum absolute atomic E-state index is 13.6. The fourth-order valence-electron chi connectivity index (χ4n) is 4.16. The number of pyridine rings is 1. The third kappa shape index (κ3) is 7.03. The third-order valence-corrected chi connectivity index (χ3v) is 6.60. The van der Waals surface area contributed by atoms with Gasteiger partial charge in [0.15, 0.2) is 0 Å². The van der Waals surface area contributed by atoms with Gasteiger partial charge >= 0.3 is 11.9 Å². The van der Waals surface area contributed by atoms with E-state index in [9.17, 15) is 23.9 Å². The van der Waals surface area contributed by atoms with Crippen LogP contribution in [0.5, 0.6) is 5.75 Å². The van der Waals surface area contributed by atoms with Gasteiger partial charge in [-0.05, 0) is 49.6 Å². The molecule has 0 radical (unpaired) electrons. The molecule has 3 aromatic rings. The fraction of sp³-hybridized carbons (Fsp3) is 0.357. The van der Waals surface area contributed by atoms with Crippen LogP contribution in [0.2, 0.25) is 0 Å². The number of nitrogens with zero attached hydrogens (tertiary/aromatic N) is 2. The Morgan fingerprint density at radius 3 is 2.43 bits per heavy atom. The lowest BCUT2D eigenvalue weighted by atomic mass is 9.79. The Bertz CT molecular complexity index is 1270. The molecule has 0 aliphatic heterocycles. The van der Waals surface area contributed by atoms with Crippen molar-refractivity contribution >= 4 is 34.4 Å². The number of aliphatic carboxylic acids is 2. The summed E-state index contributed by atoms with van der Waals surface area (Å²) in [7, 11) is 0. The van der Waals surface area contributed by atoms with Crippen LogP contribution in [-0.4, -0.2) is 39.6 Å². The lowest BCUT2D eigenvalue weighted by Gasteiger charge is -2.30. The summed E-state index contributed by atoms with van der Waals surface area (Å²) < 4.78 is 19.4. The first-order valence-corrected chi connectivity index (χ1v) is 12.2. The second kappa shape index (κ2) is 12.3. The molecule has 9 heteroatoms. The Morgan fingerprint density at radius 1 is 1.03 bits per heavy atom. The van der Waals surface area contributed by atoms with E-state index in [0.29, 0.717) is 35.5 Å². The van der Waals surface area contributed by atoms with Gasteiger partial charge in [-0.2, -0.15) is 0 Å². The minimum absolute atomic E-state index is 0.108. The van der Waals surface area contributed by atoms with Crippen molar-refractivity contribution in [3.05, 3.63) is 66.1 Å². The van der Waals surface area contributed by atoms with Crippen molar-refractivity contribution in [2.75, 3.05) is 11.4 Å². The van der Waals surface area contributed by atoms with Crippen molar-refractivity contribution in [3.8, 4) is 5.75 Å². The second-order valence-corrected chi connectivity index (χ2v) is 8.94. The maximum Gasteiger partial charge on any atom is 0.310 e. The quantitative estimate of drug-likeness (QED) is 0.315. The Balaban J connectivity index is 1.81. The molecule has 1 aromatic heterocycles. The van der Waals surface area contributed by atoms with Gasteiger partial charge in [0.05, 0.1) is 16.6 Å². The topological polar surface area (TPSA) is 117 Å². The van der Waals surface area contributed by atoms with Gasteiger partial charge in [0.1, 0.15) is 18.2 Å². The average Bonchev–Trinajstić information content (AvgIpc) is 2.88. The number of amides is 1. The number of ether oxygens (including phenoxy) is 1. The molecular weight excluding hydrogens is 479 g/mol. The van der Waals surface area contributed by atoms with E-state index < -0.39 is 23.3 Å². The molecule has 0 bridgehead atoms. The molecule has 3 rings (SSSR count). The highest BCUT2D eigenvalue weighted by Gasteiger charge is 2.38. The van der Waals surface area contributed by atoms with Gasteiger partial charge in [0, 0.05) is 42.6 Å². The first-order valence-electron chi connectivity index (χ1n) is 12.2. The number of carboxylic acid groups (broad SMARTS) is 2. The number of aromatic nitrogens is 1. The monoisotopic (exact) mass is 510 g/mol. The second-order valence-electron chi connectivity index (χ2n) is 8.94. The Morgan fingerprint density at radius 2 is 1.76 bits per heavy atom. The number of carbonyl (C=O) groups is 3. The van der Waals surface area contributed by atoms with E-state index in [1.807, 2.05) is 6.07 Å². The molecule has 1 amide bonds. The smallest absolute Gasteiger partial charge is 0.310 e. The number of carboxylic acids is 2. The molecular formula is C28H31FN2O6. The standard InChI is InChI=1S/C28H31FN2O6/c1-3-28(4-2,27(35)36)17-25(32)31(14-6-9-26(33)34)22-7-5-8-23(16-22)37-18-21-13-11-19-10-12-20(29)15-24(19)30-21/h5,7-8,10-13,15-16H,3-4,6,9,14,17-18H2,1-2H3,(H,33,34)(H,35,36). The highest BCUT2D eigenvalue weighted by Crippen LogP contribution is 2.33. The van der Waals surface area contributed by atoms with Gasteiger partial charge < -0.3 is 19.8 Å². The Kier molecular flexibility index (Phi) is 9.16. The van der Waals surface area contributed by atoms with Crippen LogP contribution in [0.4, 0.5) is 10.1 Å². The number of hydrogen-bond donors (Lipinski definition) is 2. The van der Waals surface area contributed by atoms with Crippen LogP contribution in [0.15, 0.2) is 54.6 Å². The van der Waals surface area contributed by atoms with Crippen molar-refractivity contribution in [2.45, 2.75) is 52.6 Å². The van der Waals surface area contributed by atoms with Gasteiger partial charge in [0.25, 0.3) is 0 Å². The predicted molar refractivity (Wildman–Crippen MR) is 137 cm³/mol. The van der Waals surface area contributed by atoms with Crippen molar-refractivity contribution in [1.82, 2.24) is 4.98 Å². The summed E-state index contributed by atoms with van der Waals surface area (Å²) in [5, 5.41) is 19.6. The summed E-state index contributed by atoms with van der Waals surface area (Å²) in [6, 6.07) is 14.8. The molecule has 8 nitrogen and oxygen atoms in total. The number of carbonyl (C=O) groups excluding carboxylic acids is 1. The molecule has 0 saturated carbocycles. The van der Waals surface area contributed by atoms with E-state index in [1.54, 1.807) is 50.2 Å². The van der Waals surface area contributed by atoms with Crippen molar-refractivity contribution in [2.24, 2.45) is 5.41 Å². The van der Waals surface area contributed by atoms with E-state index in [4.69, 9.17) is 9.84 Å². The van der Waals surface area contributed by atoms with Crippen LogP contribution >= 0.6 is 0 Å². The minimum atomic E-state index is -1.20. The van der Waals surface area contributed by atoms with Crippen LogP contribution in [0.25, 0.3) is 10.9 Å². The first-order chi connectivity index (χ1) is 17.7. The summed E-state index contributed by atoms with van der Waals surface area (Å²) >= 11 is 0. The highest BCUT2D eigenvalue weighted by atomic mass is 19.1. The summed E-state index contributed by atoms with van der Waals surface area (Å²) in [6.07, 6.45) is 0.464. The van der Waals surface area contributed by atoms with Gasteiger partial charge in [-0.3, -0.25) is 14.4 Å². The lowest BCUT2D eigenvalue weighted by Crippen LogP contribution is -2.40. The fourth-order valence-corrected chi connectivity index (χ4v) is 4.16. The third-order valence-electron chi connectivity index (χ3n) is 6.60. The summed E-state index contributed by atoms with van der Waals surface area (Å²) in [6.45, 7) is 3.71. The van der Waals surface area contributed by atoms with E-state index in [1.165, 1.54) is 17.0 Å². The van der Waals surface area contributed by atoms with Crippen molar-refractivity contribution in [3.63, 3.8) is 0 Å². The molecule has 0 fully saturated rings. The van der Waals surface area contributed by atoms with Crippen LogP contribution in [-0.2, 0) is 21.0 Å². The molecule has 0 spiro atoms. The van der Waals surface area contributed by atoms with Gasteiger partial charge in [0.2, 0.25) is 5.91 Å². The number of hydrogen-bond acceptors (Lipinski definition) is 5. The van der Waals surface area contributed by atoms with E-state index in [2.05, 4.69) is 4.98 Å². The van der Waals surface area contributed by atoms with Crippen LogP contribution in [0, 0.1) is 11.2 Å². The van der Waals surface area contributed by atoms with Gasteiger partial charge in [-0.1, -0.05) is 26.0 Å². The summed E-state index contributed by atoms with van der Waals surface area (Å²) in [4.78, 5) is 42.2. The molecule has 2 aromatic carbocycles. The summed E-state index contributed by atoms with van der Waals surface area (Å²) in [5.74, 6) is -2.33. The van der Waals surface area contributed by atoms with Crippen LogP contribution < -0.4 is 9.64 Å². The molecule has 196 valence electrons. The lowest BCUT2D eigenvalue weighted by molar-refractivity contribution is -0.152. The number of anilines is 1. The average molecular weight is 511 g/mol. The Labute approximate surface area is 214 Å². The minimum Gasteiger partial charge on any atom is -0.487 e. The van der Waals surface area contributed by atoms with Crippen LogP contribution in [0.3, 0.4) is 0 Å². The number of halogens is 1. The SMILES string of the molecule is CCC(CC)(CC(=O)N(CCCC(=O)O)c1cccc(OCc2ccc3ccc(F)cc3n2)c1)C(=O)O. The number of rotatable bonds is 13. The predicted octanol–water partition coefficient (Wildman–Crippen LogP) is 5.43. The van der Waals surface area contributed by atoms with Crippen LogP contribution in [0.1, 0.15) is 51.6 Å². The molecule has 0 unspecified atom stereocenters. The largest absolute Gasteiger partial charge is 0.487 e. The van der Waals surface area contributed by atoms with Crippen molar-refractivity contribution in [1.29, 1.82) is 0 Å². The molecule has 0 saturated heterocycles. The summed E-state index contributed by atoms with van der Waals surface area (Å²) in [5.41, 5.74) is 0.388. The number of benzene rings is 2. The molecule has 1 heterocycles. The molecule has 0 aliphatic rings. The maximum atomic E-state index is 13.6. The zero-order valence-electron chi connectivity index (χ0n) is 20.9. The molecule has 2 N–H and O–H groups in total. The van der Waals surface area contributed by atoms with E-state index in [0.717, 1.165) is 5.39 Å². The van der Waals surface area contributed by atoms with Gasteiger partial charge in [-0.15, -0.1) is 0 Å². The zero-order chi connectivity index (χ0) is 27.0. The van der Waals surface area contributed by atoms with E-state index >= 15 is 0 Å². The van der Waals surface area contributed by atoms with Gasteiger partial charge in [-0.25, -0.2) is 9.37 Å². The highest BCUT2D eigenvalue weighted by molar-refractivity contribution is 5.96. The molecule has 0 aliphatic carbocycles. The van der Waals surface area contributed by atoms with Crippen molar-refractivity contribution < 1.29 is 33.7 Å². The first kappa shape index (κ1) is 27.6. The van der Waals surface area contributed by atoms with E-state index in [-0.39, 0.29) is 38.2 Å².